The number of hydrogen-bond donors (Lipinski definition) is 1. The summed E-state index contributed by atoms with van der Waals surface area (Å²) in [6.07, 6.45) is 8.66. The van der Waals surface area contributed by atoms with Gasteiger partial charge in [-0.05, 0) is 67.5 Å². The van der Waals surface area contributed by atoms with Crippen molar-refractivity contribution in [1.29, 1.82) is 0 Å². The summed E-state index contributed by atoms with van der Waals surface area (Å²) >= 11 is 7.24. The summed E-state index contributed by atoms with van der Waals surface area (Å²) in [4.78, 5) is 0. The van der Waals surface area contributed by atoms with Crippen LogP contribution in [0.4, 0.5) is 0 Å². The summed E-state index contributed by atoms with van der Waals surface area (Å²) in [7, 11) is 0. The lowest BCUT2D eigenvalue weighted by Crippen LogP contribution is -1.99. The molecule has 6 heteroatoms. The van der Waals surface area contributed by atoms with Crippen molar-refractivity contribution in [2.24, 2.45) is 5.92 Å². The summed E-state index contributed by atoms with van der Waals surface area (Å²) in [5.74, 6) is 0.740. The van der Waals surface area contributed by atoms with Gasteiger partial charge in [-0.2, -0.15) is 10.2 Å². The van der Waals surface area contributed by atoms with Crippen molar-refractivity contribution < 1.29 is 0 Å². The van der Waals surface area contributed by atoms with Gasteiger partial charge in [0.25, 0.3) is 0 Å². The topological polar surface area (TPSA) is 46.5 Å². The van der Waals surface area contributed by atoms with Crippen LogP contribution < -0.4 is 0 Å². The number of halogens is 2. The number of fused-ring (bicyclic) bond motifs is 2. The first kappa shape index (κ1) is 16.5. The standard InChI is InChI=1S/C20H18Br2N4/c21-14-4-7-19-13(8-14)10-24-26(19)20-9-12(20)2-1-3-15-16-11-23-25-18(16)6-5-17(15)22/h4-8,10-12,20H,1-3,9H2,(H,23,25). The van der Waals surface area contributed by atoms with Gasteiger partial charge in [-0.15, -0.1) is 0 Å². The van der Waals surface area contributed by atoms with Gasteiger partial charge in [0.2, 0.25) is 0 Å². The molecule has 4 aromatic rings. The van der Waals surface area contributed by atoms with Gasteiger partial charge < -0.3 is 0 Å². The Morgan fingerprint density at radius 2 is 2.08 bits per heavy atom. The van der Waals surface area contributed by atoms with E-state index in [1.165, 1.54) is 45.6 Å². The summed E-state index contributed by atoms with van der Waals surface area (Å²) in [6, 6.07) is 11.2. The highest BCUT2D eigenvalue weighted by molar-refractivity contribution is 9.10. The first-order chi connectivity index (χ1) is 12.7. The predicted octanol–water partition coefficient (Wildman–Crippen LogP) is 6.02. The Labute approximate surface area is 168 Å². The Morgan fingerprint density at radius 1 is 1.15 bits per heavy atom. The molecule has 26 heavy (non-hydrogen) atoms. The zero-order valence-electron chi connectivity index (χ0n) is 14.1. The normalized spacial score (nSPS) is 19.5. The minimum Gasteiger partial charge on any atom is -0.278 e. The fourth-order valence-corrected chi connectivity index (χ4v) is 4.90. The molecule has 4 nitrogen and oxygen atoms in total. The SMILES string of the molecule is Brc1ccc2c(cnn2C2CC2CCCc2c(Br)ccc3[nH]ncc23)c1. The second-order valence-electron chi connectivity index (χ2n) is 7.10. The van der Waals surface area contributed by atoms with E-state index in [-0.39, 0.29) is 0 Å². The fourth-order valence-electron chi connectivity index (χ4n) is 3.97. The first-order valence-electron chi connectivity index (χ1n) is 8.94. The molecule has 5 rings (SSSR count). The maximum Gasteiger partial charge on any atom is 0.0686 e. The molecule has 2 atom stereocenters. The lowest BCUT2D eigenvalue weighted by molar-refractivity contribution is 0.563. The lowest BCUT2D eigenvalue weighted by Gasteiger charge is -2.07. The monoisotopic (exact) mass is 472 g/mol. The first-order valence-corrected chi connectivity index (χ1v) is 10.5. The molecule has 1 fully saturated rings. The number of rotatable bonds is 5. The highest BCUT2D eigenvalue weighted by atomic mass is 79.9. The summed E-state index contributed by atoms with van der Waals surface area (Å²) < 4.78 is 4.51. The van der Waals surface area contributed by atoms with Crippen molar-refractivity contribution >= 4 is 53.7 Å². The quantitative estimate of drug-likeness (QED) is 0.385. The number of nitrogens with zero attached hydrogens (tertiary/aromatic N) is 3. The molecular formula is C20H18Br2N4. The van der Waals surface area contributed by atoms with E-state index in [1.807, 2.05) is 12.4 Å². The molecule has 1 N–H and O–H groups in total. The molecule has 1 saturated carbocycles. The average molecular weight is 474 g/mol. The molecule has 0 bridgehead atoms. The number of hydrogen-bond acceptors (Lipinski definition) is 2. The van der Waals surface area contributed by atoms with Crippen LogP contribution in [0.1, 0.15) is 30.9 Å². The van der Waals surface area contributed by atoms with Gasteiger partial charge in [0.15, 0.2) is 0 Å². The summed E-state index contributed by atoms with van der Waals surface area (Å²) in [5.41, 5.74) is 3.72. The minimum atomic E-state index is 0.557. The van der Waals surface area contributed by atoms with Crippen LogP contribution in [0.5, 0.6) is 0 Å². The number of H-pyrrole nitrogens is 1. The Balaban J connectivity index is 1.26. The predicted molar refractivity (Wildman–Crippen MR) is 111 cm³/mol. The highest BCUT2D eigenvalue weighted by Gasteiger charge is 2.39. The molecule has 1 aliphatic carbocycles. The molecule has 2 unspecified atom stereocenters. The summed E-state index contributed by atoms with van der Waals surface area (Å²) in [5, 5.41) is 14.3. The third-order valence-electron chi connectivity index (χ3n) is 5.44. The molecule has 2 aromatic carbocycles. The van der Waals surface area contributed by atoms with E-state index in [2.05, 4.69) is 82.2 Å². The fraction of sp³-hybridized carbons (Fsp3) is 0.300. The number of nitrogens with one attached hydrogen (secondary N) is 1. The number of aromatic amines is 1. The molecule has 2 heterocycles. The van der Waals surface area contributed by atoms with Crippen LogP contribution in [-0.4, -0.2) is 20.0 Å². The third-order valence-corrected chi connectivity index (χ3v) is 6.67. The zero-order valence-corrected chi connectivity index (χ0v) is 17.3. The zero-order chi connectivity index (χ0) is 17.7. The highest BCUT2D eigenvalue weighted by Crippen LogP contribution is 2.47. The van der Waals surface area contributed by atoms with Crippen LogP contribution in [0, 0.1) is 5.92 Å². The maximum absolute atomic E-state index is 4.64. The molecule has 0 spiro atoms. The van der Waals surface area contributed by atoms with Gasteiger partial charge in [-0.1, -0.05) is 31.9 Å². The Hall–Kier alpha value is -1.66. The summed E-state index contributed by atoms with van der Waals surface area (Å²) in [6.45, 7) is 0. The third kappa shape index (κ3) is 2.89. The molecule has 1 aliphatic rings. The largest absolute Gasteiger partial charge is 0.278 e. The van der Waals surface area contributed by atoms with E-state index >= 15 is 0 Å². The molecular weight excluding hydrogens is 456 g/mol. The van der Waals surface area contributed by atoms with Crippen molar-refractivity contribution in [2.75, 3.05) is 0 Å². The van der Waals surface area contributed by atoms with E-state index in [9.17, 15) is 0 Å². The van der Waals surface area contributed by atoms with E-state index < -0.39 is 0 Å². The van der Waals surface area contributed by atoms with Crippen molar-refractivity contribution in [3.8, 4) is 0 Å². The van der Waals surface area contributed by atoms with E-state index in [4.69, 9.17) is 0 Å². The van der Waals surface area contributed by atoms with Gasteiger partial charge in [-0.25, -0.2) is 0 Å². The number of aromatic nitrogens is 4. The van der Waals surface area contributed by atoms with E-state index in [1.54, 1.807) is 0 Å². The molecule has 0 radical (unpaired) electrons. The van der Waals surface area contributed by atoms with Gasteiger partial charge in [0, 0.05) is 19.7 Å². The molecule has 2 aromatic heterocycles. The van der Waals surface area contributed by atoms with Gasteiger partial charge in [0.1, 0.15) is 0 Å². The van der Waals surface area contributed by atoms with Gasteiger partial charge in [-0.3, -0.25) is 9.78 Å². The smallest absolute Gasteiger partial charge is 0.0686 e. The minimum absolute atomic E-state index is 0.557. The van der Waals surface area contributed by atoms with Gasteiger partial charge >= 0.3 is 0 Å². The van der Waals surface area contributed by atoms with E-state index in [0.717, 1.165) is 22.3 Å². The van der Waals surface area contributed by atoms with Crippen molar-refractivity contribution in [1.82, 2.24) is 20.0 Å². The van der Waals surface area contributed by atoms with Crippen molar-refractivity contribution in [3.63, 3.8) is 0 Å². The lowest BCUT2D eigenvalue weighted by atomic mass is 10.0. The van der Waals surface area contributed by atoms with E-state index in [0.29, 0.717) is 6.04 Å². The van der Waals surface area contributed by atoms with Crippen LogP contribution in [0.3, 0.4) is 0 Å². The maximum atomic E-state index is 4.64. The molecule has 0 aliphatic heterocycles. The second-order valence-corrected chi connectivity index (χ2v) is 8.87. The number of benzene rings is 2. The van der Waals surface area contributed by atoms with Crippen LogP contribution in [-0.2, 0) is 6.42 Å². The molecule has 0 saturated heterocycles. The molecule has 0 amide bonds. The second kappa shape index (κ2) is 6.50. The van der Waals surface area contributed by atoms with Crippen LogP contribution in [0.25, 0.3) is 21.8 Å². The Bertz CT molecular complexity index is 1100. The Kier molecular flexibility index (Phi) is 4.13. The average Bonchev–Trinajstić information content (AvgIpc) is 3.04. The van der Waals surface area contributed by atoms with Crippen molar-refractivity contribution in [3.05, 3.63) is 57.2 Å². The number of aryl methyl sites for hydroxylation is 1. The van der Waals surface area contributed by atoms with Crippen LogP contribution >= 0.6 is 31.9 Å². The molecule has 132 valence electrons. The van der Waals surface area contributed by atoms with Crippen LogP contribution in [0.2, 0.25) is 0 Å². The van der Waals surface area contributed by atoms with Crippen LogP contribution in [0.15, 0.2) is 51.7 Å². The van der Waals surface area contributed by atoms with Crippen molar-refractivity contribution in [2.45, 2.75) is 31.7 Å². The van der Waals surface area contributed by atoms with Gasteiger partial charge in [0.05, 0.1) is 29.5 Å². The Morgan fingerprint density at radius 3 is 3.00 bits per heavy atom.